The third kappa shape index (κ3) is 3.16. The van der Waals surface area contributed by atoms with Crippen molar-refractivity contribution in [1.82, 2.24) is 10.2 Å². The van der Waals surface area contributed by atoms with Crippen molar-refractivity contribution in [3.8, 4) is 0 Å². The Morgan fingerprint density at radius 3 is 2.43 bits per heavy atom. The van der Waals surface area contributed by atoms with Crippen molar-refractivity contribution < 1.29 is 4.79 Å². The molecule has 3 rings (SSSR count). The van der Waals surface area contributed by atoms with Crippen LogP contribution in [0.15, 0.2) is 24.3 Å². The molecule has 0 aromatic heterocycles. The molecule has 114 valence electrons. The molecule has 2 fully saturated rings. The third-order valence-electron chi connectivity index (χ3n) is 4.58. The molecule has 1 amide bonds. The first-order chi connectivity index (χ1) is 10.1. The molecule has 2 heterocycles. The standard InChI is InChI=1S/C16H22ClN3O/c1-12-6-7-18-15(12)16(21)20-10-8-19(9-11-20)14-4-2-13(17)3-5-14/h2-5,12,15,18H,6-11H2,1H3. The normalized spacial score (nSPS) is 26.2. The van der Waals surface area contributed by atoms with Gasteiger partial charge in [0.2, 0.25) is 5.91 Å². The molecule has 2 aliphatic heterocycles. The average Bonchev–Trinajstić information content (AvgIpc) is 2.94. The lowest BCUT2D eigenvalue weighted by Crippen LogP contribution is -2.54. The minimum Gasteiger partial charge on any atom is -0.368 e. The maximum atomic E-state index is 12.5. The Labute approximate surface area is 131 Å². The smallest absolute Gasteiger partial charge is 0.240 e. The molecule has 4 nitrogen and oxygen atoms in total. The number of amides is 1. The Morgan fingerprint density at radius 1 is 1.19 bits per heavy atom. The largest absolute Gasteiger partial charge is 0.368 e. The molecule has 5 heteroatoms. The lowest BCUT2D eigenvalue weighted by molar-refractivity contribution is -0.134. The van der Waals surface area contributed by atoms with Crippen molar-refractivity contribution in [3.05, 3.63) is 29.3 Å². The van der Waals surface area contributed by atoms with Crippen LogP contribution in [-0.4, -0.2) is 49.6 Å². The van der Waals surface area contributed by atoms with E-state index >= 15 is 0 Å². The van der Waals surface area contributed by atoms with Gasteiger partial charge in [0, 0.05) is 36.9 Å². The van der Waals surface area contributed by atoms with E-state index in [1.807, 2.05) is 29.2 Å². The quantitative estimate of drug-likeness (QED) is 0.907. The van der Waals surface area contributed by atoms with Crippen molar-refractivity contribution in [2.45, 2.75) is 19.4 Å². The highest BCUT2D eigenvalue weighted by molar-refractivity contribution is 6.30. The summed E-state index contributed by atoms with van der Waals surface area (Å²) >= 11 is 5.92. The van der Waals surface area contributed by atoms with Gasteiger partial charge in [0.25, 0.3) is 0 Å². The second-order valence-corrected chi connectivity index (χ2v) is 6.42. The summed E-state index contributed by atoms with van der Waals surface area (Å²) in [6, 6.07) is 7.94. The molecule has 21 heavy (non-hydrogen) atoms. The van der Waals surface area contributed by atoms with Gasteiger partial charge in [-0.2, -0.15) is 0 Å². The summed E-state index contributed by atoms with van der Waals surface area (Å²) < 4.78 is 0. The van der Waals surface area contributed by atoms with Crippen LogP contribution in [0.4, 0.5) is 5.69 Å². The number of carbonyl (C=O) groups is 1. The Kier molecular flexibility index (Phi) is 4.36. The van der Waals surface area contributed by atoms with Crippen molar-refractivity contribution in [3.63, 3.8) is 0 Å². The second-order valence-electron chi connectivity index (χ2n) is 5.99. The zero-order valence-corrected chi connectivity index (χ0v) is 13.1. The van der Waals surface area contributed by atoms with E-state index in [0.29, 0.717) is 5.92 Å². The number of nitrogens with one attached hydrogen (secondary N) is 1. The van der Waals surface area contributed by atoms with E-state index in [1.165, 1.54) is 5.69 Å². The topological polar surface area (TPSA) is 35.6 Å². The van der Waals surface area contributed by atoms with Crippen LogP contribution in [0.5, 0.6) is 0 Å². The fraction of sp³-hybridized carbons (Fsp3) is 0.562. The van der Waals surface area contributed by atoms with Crippen molar-refractivity contribution in [1.29, 1.82) is 0 Å². The molecular formula is C16H22ClN3O. The average molecular weight is 308 g/mol. The van der Waals surface area contributed by atoms with Gasteiger partial charge in [0.15, 0.2) is 0 Å². The fourth-order valence-electron chi connectivity index (χ4n) is 3.20. The Morgan fingerprint density at radius 2 is 1.86 bits per heavy atom. The number of hydrogen-bond acceptors (Lipinski definition) is 3. The summed E-state index contributed by atoms with van der Waals surface area (Å²) in [5.41, 5.74) is 1.18. The molecule has 2 unspecified atom stereocenters. The molecule has 2 aliphatic rings. The first-order valence-corrected chi connectivity index (χ1v) is 8.05. The number of carbonyl (C=O) groups excluding carboxylic acids is 1. The Bertz CT molecular complexity index is 497. The number of halogens is 1. The van der Waals surface area contributed by atoms with Crippen LogP contribution in [0.2, 0.25) is 5.02 Å². The van der Waals surface area contributed by atoms with E-state index in [9.17, 15) is 4.79 Å². The number of anilines is 1. The summed E-state index contributed by atoms with van der Waals surface area (Å²) in [6.07, 6.45) is 1.10. The van der Waals surface area contributed by atoms with E-state index in [2.05, 4.69) is 17.1 Å². The SMILES string of the molecule is CC1CCNC1C(=O)N1CCN(c2ccc(Cl)cc2)CC1. The molecule has 0 spiro atoms. The van der Waals surface area contributed by atoms with Crippen LogP contribution in [0, 0.1) is 5.92 Å². The first-order valence-electron chi connectivity index (χ1n) is 7.68. The molecule has 0 aliphatic carbocycles. The lowest BCUT2D eigenvalue weighted by Gasteiger charge is -2.37. The lowest BCUT2D eigenvalue weighted by atomic mass is 10.0. The van der Waals surface area contributed by atoms with E-state index in [-0.39, 0.29) is 11.9 Å². The number of benzene rings is 1. The number of rotatable bonds is 2. The van der Waals surface area contributed by atoms with Crippen LogP contribution < -0.4 is 10.2 Å². The molecule has 2 atom stereocenters. The molecule has 1 N–H and O–H groups in total. The fourth-order valence-corrected chi connectivity index (χ4v) is 3.32. The summed E-state index contributed by atoms with van der Waals surface area (Å²) in [7, 11) is 0. The van der Waals surface area contributed by atoms with Crippen molar-refractivity contribution in [2.75, 3.05) is 37.6 Å². The van der Waals surface area contributed by atoms with Gasteiger partial charge in [-0.25, -0.2) is 0 Å². The van der Waals surface area contributed by atoms with E-state index < -0.39 is 0 Å². The molecule has 1 aromatic carbocycles. The van der Waals surface area contributed by atoms with E-state index in [1.54, 1.807) is 0 Å². The molecule has 0 saturated carbocycles. The number of hydrogen-bond donors (Lipinski definition) is 1. The highest BCUT2D eigenvalue weighted by Gasteiger charge is 2.33. The van der Waals surface area contributed by atoms with Gasteiger partial charge >= 0.3 is 0 Å². The molecule has 0 bridgehead atoms. The predicted molar refractivity (Wildman–Crippen MR) is 85.8 cm³/mol. The molecule has 1 aromatic rings. The zero-order valence-electron chi connectivity index (χ0n) is 12.4. The Hall–Kier alpha value is -1.26. The summed E-state index contributed by atoms with van der Waals surface area (Å²) in [5.74, 6) is 0.725. The van der Waals surface area contributed by atoms with Gasteiger partial charge < -0.3 is 15.1 Å². The predicted octanol–water partition coefficient (Wildman–Crippen LogP) is 1.99. The van der Waals surface area contributed by atoms with Gasteiger partial charge in [-0.1, -0.05) is 18.5 Å². The van der Waals surface area contributed by atoms with Crippen molar-refractivity contribution in [2.24, 2.45) is 5.92 Å². The van der Waals surface area contributed by atoms with Gasteiger partial charge in [0.05, 0.1) is 6.04 Å². The summed E-state index contributed by atoms with van der Waals surface area (Å²) in [5, 5.41) is 4.09. The van der Waals surface area contributed by atoms with Crippen LogP contribution in [-0.2, 0) is 4.79 Å². The first kappa shape index (κ1) is 14.7. The summed E-state index contributed by atoms with van der Waals surface area (Å²) in [4.78, 5) is 16.8. The second kappa shape index (κ2) is 6.24. The zero-order chi connectivity index (χ0) is 14.8. The number of nitrogens with zero attached hydrogens (tertiary/aromatic N) is 2. The maximum absolute atomic E-state index is 12.5. The van der Waals surface area contributed by atoms with E-state index in [0.717, 1.165) is 44.2 Å². The highest BCUT2D eigenvalue weighted by atomic mass is 35.5. The van der Waals surface area contributed by atoms with Gasteiger partial charge in [0.1, 0.15) is 0 Å². The van der Waals surface area contributed by atoms with Crippen LogP contribution in [0.1, 0.15) is 13.3 Å². The van der Waals surface area contributed by atoms with Crippen LogP contribution in [0.25, 0.3) is 0 Å². The van der Waals surface area contributed by atoms with Gasteiger partial charge in [-0.3, -0.25) is 4.79 Å². The molecule has 2 saturated heterocycles. The van der Waals surface area contributed by atoms with E-state index in [4.69, 9.17) is 11.6 Å². The molecular weight excluding hydrogens is 286 g/mol. The number of piperazine rings is 1. The third-order valence-corrected chi connectivity index (χ3v) is 4.83. The van der Waals surface area contributed by atoms with Crippen molar-refractivity contribution >= 4 is 23.2 Å². The monoisotopic (exact) mass is 307 g/mol. The summed E-state index contributed by atoms with van der Waals surface area (Å²) in [6.45, 7) is 6.48. The minimum absolute atomic E-state index is 0.0204. The van der Waals surface area contributed by atoms with Crippen LogP contribution >= 0.6 is 11.6 Å². The minimum atomic E-state index is 0.0204. The maximum Gasteiger partial charge on any atom is 0.240 e. The van der Waals surface area contributed by atoms with Crippen LogP contribution in [0.3, 0.4) is 0 Å². The van der Waals surface area contributed by atoms with Gasteiger partial charge in [-0.15, -0.1) is 0 Å². The Balaban J connectivity index is 1.57. The van der Waals surface area contributed by atoms with Gasteiger partial charge in [-0.05, 0) is 43.1 Å². The highest BCUT2D eigenvalue weighted by Crippen LogP contribution is 2.21. The molecule has 0 radical (unpaired) electrons.